The van der Waals surface area contributed by atoms with Crippen LogP contribution in [-0.4, -0.2) is 11.9 Å². The molecule has 0 saturated heterocycles. The summed E-state index contributed by atoms with van der Waals surface area (Å²) in [6.07, 6.45) is 7.42. The van der Waals surface area contributed by atoms with E-state index in [0.29, 0.717) is 5.25 Å². The van der Waals surface area contributed by atoms with Crippen LogP contribution in [-0.2, 0) is 4.74 Å². The first kappa shape index (κ1) is 12.9. The number of thioether (sulfide) groups is 1. The first-order valence-electron chi connectivity index (χ1n) is 7.17. The molecule has 3 rings (SSSR count). The van der Waals surface area contributed by atoms with Crippen LogP contribution in [0, 0.1) is 0 Å². The summed E-state index contributed by atoms with van der Waals surface area (Å²) in [4.78, 5) is 1.35. The molecule has 19 heavy (non-hydrogen) atoms. The van der Waals surface area contributed by atoms with E-state index in [4.69, 9.17) is 4.74 Å². The van der Waals surface area contributed by atoms with Gasteiger partial charge in [-0.1, -0.05) is 18.2 Å². The first-order valence-corrected chi connectivity index (χ1v) is 8.05. The molecule has 1 nitrogen and oxygen atoms in total. The van der Waals surface area contributed by atoms with E-state index in [1.165, 1.54) is 36.2 Å². The summed E-state index contributed by atoms with van der Waals surface area (Å²) in [5, 5.41) is 0.485. The Balaban J connectivity index is 1.83. The van der Waals surface area contributed by atoms with E-state index < -0.39 is 0 Å². The van der Waals surface area contributed by atoms with E-state index in [-0.39, 0.29) is 0 Å². The third-order valence-corrected chi connectivity index (χ3v) is 4.98. The van der Waals surface area contributed by atoms with Crippen LogP contribution in [0.5, 0.6) is 0 Å². The molecule has 0 spiro atoms. The molecule has 2 aliphatic rings. The standard InChI is InChI=1S/C17H20OS/c1-2-18-16-12-17(15-11-7-6-10-14(15)16)19-13-8-4-3-5-9-13/h3-5,8-9,12,17H,2,6-7,10-11H2,1H3. The molecule has 0 aromatic heterocycles. The van der Waals surface area contributed by atoms with Crippen LogP contribution in [0.1, 0.15) is 32.6 Å². The highest BCUT2D eigenvalue weighted by Crippen LogP contribution is 2.44. The molecule has 0 radical (unpaired) electrons. The van der Waals surface area contributed by atoms with Gasteiger partial charge in [0.15, 0.2) is 0 Å². The maximum atomic E-state index is 5.83. The average Bonchev–Trinajstić information content (AvgIpc) is 2.79. The molecule has 1 unspecified atom stereocenters. The minimum absolute atomic E-state index is 0.485. The highest BCUT2D eigenvalue weighted by Gasteiger charge is 2.29. The Kier molecular flexibility index (Phi) is 3.97. The van der Waals surface area contributed by atoms with Crippen LogP contribution in [0.3, 0.4) is 0 Å². The van der Waals surface area contributed by atoms with Crippen LogP contribution < -0.4 is 0 Å². The summed E-state index contributed by atoms with van der Waals surface area (Å²) < 4.78 is 5.83. The van der Waals surface area contributed by atoms with Gasteiger partial charge in [0.25, 0.3) is 0 Å². The van der Waals surface area contributed by atoms with Gasteiger partial charge in [-0.3, -0.25) is 0 Å². The number of rotatable bonds is 4. The van der Waals surface area contributed by atoms with Crippen molar-refractivity contribution >= 4 is 11.8 Å². The molecular formula is C17H20OS. The Morgan fingerprint density at radius 1 is 1.16 bits per heavy atom. The van der Waals surface area contributed by atoms with E-state index in [1.807, 2.05) is 11.8 Å². The maximum Gasteiger partial charge on any atom is 0.119 e. The molecular weight excluding hydrogens is 252 g/mol. The molecule has 0 saturated carbocycles. The summed E-state index contributed by atoms with van der Waals surface area (Å²) in [6, 6.07) is 10.7. The second-order valence-corrected chi connectivity index (χ2v) is 6.24. The number of hydrogen-bond acceptors (Lipinski definition) is 2. The van der Waals surface area contributed by atoms with Crippen molar-refractivity contribution in [2.75, 3.05) is 6.61 Å². The normalized spacial score (nSPS) is 22.2. The minimum Gasteiger partial charge on any atom is -0.494 e. The van der Waals surface area contributed by atoms with Crippen molar-refractivity contribution in [2.24, 2.45) is 0 Å². The molecule has 1 atom stereocenters. The van der Waals surface area contributed by atoms with E-state index in [2.05, 4.69) is 43.3 Å². The second-order valence-electron chi connectivity index (χ2n) is 5.03. The first-order chi connectivity index (χ1) is 9.38. The fourth-order valence-corrected chi connectivity index (χ4v) is 4.11. The lowest BCUT2D eigenvalue weighted by Gasteiger charge is -2.19. The van der Waals surface area contributed by atoms with Crippen LogP contribution in [0.2, 0.25) is 0 Å². The van der Waals surface area contributed by atoms with Crippen molar-refractivity contribution in [2.45, 2.75) is 42.8 Å². The Morgan fingerprint density at radius 3 is 2.74 bits per heavy atom. The summed E-state index contributed by atoms with van der Waals surface area (Å²) in [6.45, 7) is 2.84. The van der Waals surface area contributed by atoms with Crippen molar-refractivity contribution < 1.29 is 4.74 Å². The van der Waals surface area contributed by atoms with Gasteiger partial charge in [-0.15, -0.1) is 11.8 Å². The number of allylic oxidation sites excluding steroid dienone is 1. The lowest BCUT2D eigenvalue weighted by Crippen LogP contribution is -2.05. The van der Waals surface area contributed by atoms with E-state index in [0.717, 1.165) is 12.4 Å². The van der Waals surface area contributed by atoms with Gasteiger partial charge in [0, 0.05) is 4.90 Å². The van der Waals surface area contributed by atoms with E-state index in [9.17, 15) is 0 Å². The Hall–Kier alpha value is -1.15. The van der Waals surface area contributed by atoms with Gasteiger partial charge >= 0.3 is 0 Å². The topological polar surface area (TPSA) is 9.23 Å². The Labute approximate surface area is 119 Å². The predicted octanol–water partition coefficient (Wildman–Crippen LogP) is 4.95. The van der Waals surface area contributed by atoms with Gasteiger partial charge < -0.3 is 4.74 Å². The lowest BCUT2D eigenvalue weighted by atomic mass is 9.93. The van der Waals surface area contributed by atoms with Gasteiger partial charge in [-0.25, -0.2) is 0 Å². The minimum atomic E-state index is 0.485. The molecule has 1 aromatic rings. The molecule has 0 aliphatic heterocycles. The molecule has 0 heterocycles. The van der Waals surface area contributed by atoms with Crippen molar-refractivity contribution in [1.82, 2.24) is 0 Å². The molecule has 2 heteroatoms. The summed E-state index contributed by atoms with van der Waals surface area (Å²) in [7, 11) is 0. The second kappa shape index (κ2) is 5.87. The zero-order chi connectivity index (χ0) is 13.1. The fraction of sp³-hybridized carbons (Fsp3) is 0.412. The van der Waals surface area contributed by atoms with Gasteiger partial charge in [0.1, 0.15) is 5.76 Å². The molecule has 100 valence electrons. The highest BCUT2D eigenvalue weighted by atomic mass is 32.2. The number of benzene rings is 1. The molecule has 0 N–H and O–H groups in total. The Morgan fingerprint density at radius 2 is 1.95 bits per heavy atom. The van der Waals surface area contributed by atoms with Crippen molar-refractivity contribution in [1.29, 1.82) is 0 Å². The monoisotopic (exact) mass is 272 g/mol. The van der Waals surface area contributed by atoms with Gasteiger partial charge in [0.05, 0.1) is 11.9 Å². The maximum absolute atomic E-state index is 5.83. The van der Waals surface area contributed by atoms with E-state index in [1.54, 1.807) is 5.57 Å². The van der Waals surface area contributed by atoms with Crippen LogP contribution in [0.25, 0.3) is 0 Å². The SMILES string of the molecule is CCOC1=CC(Sc2ccccc2)C2=C1CCCC2. The molecule has 0 amide bonds. The summed E-state index contributed by atoms with van der Waals surface area (Å²) in [5.41, 5.74) is 3.12. The Bertz CT molecular complexity index is 501. The largest absolute Gasteiger partial charge is 0.494 e. The third-order valence-electron chi connectivity index (χ3n) is 3.76. The molecule has 1 aromatic carbocycles. The van der Waals surface area contributed by atoms with Crippen LogP contribution in [0.15, 0.2) is 58.2 Å². The highest BCUT2D eigenvalue weighted by molar-refractivity contribution is 8.00. The zero-order valence-corrected chi connectivity index (χ0v) is 12.2. The van der Waals surface area contributed by atoms with Gasteiger partial charge in [0.2, 0.25) is 0 Å². The molecule has 0 bridgehead atoms. The van der Waals surface area contributed by atoms with Crippen LogP contribution >= 0.6 is 11.8 Å². The van der Waals surface area contributed by atoms with Crippen LogP contribution in [0.4, 0.5) is 0 Å². The number of hydrogen-bond donors (Lipinski definition) is 0. The van der Waals surface area contributed by atoms with Crippen molar-refractivity contribution in [3.63, 3.8) is 0 Å². The van der Waals surface area contributed by atoms with Crippen molar-refractivity contribution in [3.05, 3.63) is 53.3 Å². The lowest BCUT2D eigenvalue weighted by molar-refractivity contribution is 0.236. The van der Waals surface area contributed by atoms with E-state index >= 15 is 0 Å². The molecule has 0 fully saturated rings. The third kappa shape index (κ3) is 2.74. The molecule has 2 aliphatic carbocycles. The zero-order valence-electron chi connectivity index (χ0n) is 11.4. The average molecular weight is 272 g/mol. The smallest absolute Gasteiger partial charge is 0.119 e. The van der Waals surface area contributed by atoms with Crippen molar-refractivity contribution in [3.8, 4) is 0 Å². The quantitative estimate of drug-likeness (QED) is 0.766. The summed E-state index contributed by atoms with van der Waals surface area (Å²) in [5.74, 6) is 1.16. The predicted molar refractivity (Wildman–Crippen MR) is 81.3 cm³/mol. The summed E-state index contributed by atoms with van der Waals surface area (Å²) >= 11 is 1.95. The van der Waals surface area contributed by atoms with Gasteiger partial charge in [-0.05, 0) is 62.0 Å². The fourth-order valence-electron chi connectivity index (χ4n) is 2.90. The van der Waals surface area contributed by atoms with Gasteiger partial charge in [-0.2, -0.15) is 0 Å². The number of ether oxygens (including phenoxy) is 1.